The summed E-state index contributed by atoms with van der Waals surface area (Å²) >= 11 is 0. The molecular formula is C12H15F4N. The number of hydrogen-bond donors (Lipinski definition) is 1. The fourth-order valence-electron chi connectivity index (χ4n) is 1.66. The second-order valence-corrected chi connectivity index (χ2v) is 4.11. The third-order valence-electron chi connectivity index (χ3n) is 2.95. The van der Waals surface area contributed by atoms with Gasteiger partial charge in [0.1, 0.15) is 5.82 Å². The highest BCUT2D eigenvalue weighted by atomic mass is 19.4. The number of nitrogens with two attached hydrogens (primary N) is 1. The highest BCUT2D eigenvalue weighted by Gasteiger charge is 2.36. The van der Waals surface area contributed by atoms with Crippen LogP contribution in [-0.4, -0.2) is 0 Å². The molecule has 2 atom stereocenters. The molecule has 1 rings (SSSR count). The van der Waals surface area contributed by atoms with Crippen LogP contribution in [0, 0.1) is 11.7 Å². The predicted octanol–water partition coefficient (Wildman–Crippen LogP) is 3.89. The molecule has 2 N–H and O–H groups in total. The fourth-order valence-corrected chi connectivity index (χ4v) is 1.66. The quantitative estimate of drug-likeness (QED) is 0.808. The zero-order valence-electron chi connectivity index (χ0n) is 9.68. The van der Waals surface area contributed by atoms with E-state index in [1.165, 1.54) is 0 Å². The van der Waals surface area contributed by atoms with Crippen molar-refractivity contribution in [3.63, 3.8) is 0 Å². The molecule has 0 radical (unpaired) electrons. The molecule has 96 valence electrons. The van der Waals surface area contributed by atoms with Crippen LogP contribution in [0.2, 0.25) is 0 Å². The normalized spacial score (nSPS) is 15.7. The van der Waals surface area contributed by atoms with E-state index >= 15 is 0 Å². The van der Waals surface area contributed by atoms with Crippen molar-refractivity contribution in [1.82, 2.24) is 0 Å². The van der Waals surface area contributed by atoms with Gasteiger partial charge in [0, 0.05) is 11.6 Å². The summed E-state index contributed by atoms with van der Waals surface area (Å²) in [5, 5.41) is 0. The lowest BCUT2D eigenvalue weighted by atomic mass is 9.89. The van der Waals surface area contributed by atoms with Crippen molar-refractivity contribution in [3.05, 3.63) is 35.1 Å². The van der Waals surface area contributed by atoms with Gasteiger partial charge in [0.15, 0.2) is 0 Å². The zero-order valence-corrected chi connectivity index (χ0v) is 9.68. The smallest absolute Gasteiger partial charge is 0.324 e. The van der Waals surface area contributed by atoms with Gasteiger partial charge in [-0.1, -0.05) is 26.3 Å². The van der Waals surface area contributed by atoms with Crippen LogP contribution in [0.15, 0.2) is 18.2 Å². The van der Waals surface area contributed by atoms with Gasteiger partial charge < -0.3 is 5.73 Å². The van der Waals surface area contributed by atoms with Crippen LogP contribution in [0.4, 0.5) is 17.6 Å². The molecule has 0 aromatic heterocycles. The summed E-state index contributed by atoms with van der Waals surface area (Å²) in [5.74, 6) is -1.11. The van der Waals surface area contributed by atoms with Crippen molar-refractivity contribution in [1.29, 1.82) is 0 Å². The van der Waals surface area contributed by atoms with Gasteiger partial charge in [-0.25, -0.2) is 4.39 Å². The van der Waals surface area contributed by atoms with E-state index in [4.69, 9.17) is 5.73 Å². The number of halogens is 4. The highest BCUT2D eigenvalue weighted by Crippen LogP contribution is 2.37. The Balaban J connectivity index is 3.30. The summed E-state index contributed by atoms with van der Waals surface area (Å²) in [6.45, 7) is 3.51. The Morgan fingerprint density at radius 3 is 2.35 bits per heavy atom. The third kappa shape index (κ3) is 2.97. The van der Waals surface area contributed by atoms with Gasteiger partial charge in [0.25, 0.3) is 0 Å². The second-order valence-electron chi connectivity index (χ2n) is 4.11. The lowest BCUT2D eigenvalue weighted by Crippen LogP contribution is -2.24. The third-order valence-corrected chi connectivity index (χ3v) is 2.95. The van der Waals surface area contributed by atoms with E-state index in [0.717, 1.165) is 18.2 Å². The van der Waals surface area contributed by atoms with Crippen LogP contribution >= 0.6 is 0 Å². The maximum Gasteiger partial charge on any atom is 0.416 e. The van der Waals surface area contributed by atoms with E-state index < -0.39 is 29.2 Å². The molecule has 5 heteroatoms. The van der Waals surface area contributed by atoms with E-state index in [-0.39, 0.29) is 5.92 Å². The SMILES string of the molecule is CCC(C)[C@H](N)c1c(F)cccc1C(F)(F)F. The number of benzene rings is 1. The molecule has 0 aliphatic heterocycles. The first-order chi connectivity index (χ1) is 7.79. The Labute approximate surface area is 97.6 Å². The summed E-state index contributed by atoms with van der Waals surface area (Å²) in [7, 11) is 0. The number of rotatable bonds is 3. The molecule has 0 aliphatic rings. The van der Waals surface area contributed by atoms with Crippen LogP contribution in [0.1, 0.15) is 37.4 Å². The fraction of sp³-hybridized carbons (Fsp3) is 0.500. The van der Waals surface area contributed by atoms with E-state index in [9.17, 15) is 17.6 Å². The number of alkyl halides is 3. The molecule has 1 aromatic rings. The van der Waals surface area contributed by atoms with Crippen LogP contribution < -0.4 is 5.73 Å². The summed E-state index contributed by atoms with van der Waals surface area (Å²) in [5.41, 5.74) is 4.29. The van der Waals surface area contributed by atoms with Crippen LogP contribution in [-0.2, 0) is 6.18 Å². The largest absolute Gasteiger partial charge is 0.416 e. The van der Waals surface area contributed by atoms with Gasteiger partial charge in [0.05, 0.1) is 5.56 Å². The van der Waals surface area contributed by atoms with Crippen LogP contribution in [0.3, 0.4) is 0 Å². The van der Waals surface area contributed by atoms with Crippen molar-refractivity contribution in [2.75, 3.05) is 0 Å². The lowest BCUT2D eigenvalue weighted by Gasteiger charge is -2.23. The van der Waals surface area contributed by atoms with Crippen LogP contribution in [0.25, 0.3) is 0 Å². The zero-order chi connectivity index (χ0) is 13.2. The minimum absolute atomic E-state index is 0.215. The molecule has 0 fully saturated rings. The first kappa shape index (κ1) is 14.0. The molecule has 0 saturated heterocycles. The Morgan fingerprint density at radius 1 is 1.29 bits per heavy atom. The molecule has 0 saturated carbocycles. The van der Waals surface area contributed by atoms with Gasteiger partial charge >= 0.3 is 6.18 Å². The van der Waals surface area contributed by atoms with Crippen molar-refractivity contribution >= 4 is 0 Å². The summed E-state index contributed by atoms with van der Waals surface area (Å²) in [6.07, 6.45) is -3.99. The van der Waals surface area contributed by atoms with Gasteiger partial charge in [-0.05, 0) is 18.1 Å². The van der Waals surface area contributed by atoms with Gasteiger partial charge in [-0.2, -0.15) is 13.2 Å². The molecule has 0 spiro atoms. The van der Waals surface area contributed by atoms with E-state index in [0.29, 0.717) is 6.42 Å². The summed E-state index contributed by atoms with van der Waals surface area (Å²) in [4.78, 5) is 0. The summed E-state index contributed by atoms with van der Waals surface area (Å²) in [6, 6.07) is 1.97. The first-order valence-electron chi connectivity index (χ1n) is 5.40. The lowest BCUT2D eigenvalue weighted by molar-refractivity contribution is -0.138. The molecule has 0 aliphatic carbocycles. The monoisotopic (exact) mass is 249 g/mol. The van der Waals surface area contributed by atoms with Gasteiger partial charge in [-0.15, -0.1) is 0 Å². The predicted molar refractivity (Wildman–Crippen MR) is 57.8 cm³/mol. The summed E-state index contributed by atoms with van der Waals surface area (Å²) < 4.78 is 51.7. The topological polar surface area (TPSA) is 26.0 Å². The molecule has 1 aromatic carbocycles. The molecule has 0 bridgehead atoms. The Bertz CT molecular complexity index is 387. The van der Waals surface area contributed by atoms with E-state index in [1.54, 1.807) is 13.8 Å². The Kier molecular flexibility index (Phi) is 4.14. The molecule has 0 amide bonds. The second kappa shape index (κ2) is 5.04. The Morgan fingerprint density at radius 2 is 1.88 bits per heavy atom. The van der Waals surface area contributed by atoms with Crippen molar-refractivity contribution in [2.24, 2.45) is 11.7 Å². The Hall–Kier alpha value is -1.10. The first-order valence-corrected chi connectivity index (χ1v) is 5.40. The standard InChI is InChI=1S/C12H15F4N/c1-3-7(2)11(17)10-8(12(14,15)16)5-4-6-9(10)13/h4-7,11H,3,17H2,1-2H3/t7?,11-/m0/s1. The molecular weight excluding hydrogens is 234 g/mol. The molecule has 17 heavy (non-hydrogen) atoms. The average Bonchev–Trinajstić information content (AvgIpc) is 2.25. The van der Waals surface area contributed by atoms with Crippen molar-refractivity contribution in [2.45, 2.75) is 32.5 Å². The maximum absolute atomic E-state index is 13.5. The van der Waals surface area contributed by atoms with Crippen molar-refractivity contribution < 1.29 is 17.6 Å². The molecule has 1 unspecified atom stereocenters. The van der Waals surface area contributed by atoms with E-state index in [2.05, 4.69) is 0 Å². The van der Waals surface area contributed by atoms with Gasteiger partial charge in [-0.3, -0.25) is 0 Å². The van der Waals surface area contributed by atoms with Crippen LogP contribution in [0.5, 0.6) is 0 Å². The molecule has 0 heterocycles. The van der Waals surface area contributed by atoms with Gasteiger partial charge in [0.2, 0.25) is 0 Å². The minimum Gasteiger partial charge on any atom is -0.324 e. The highest BCUT2D eigenvalue weighted by molar-refractivity contribution is 5.34. The minimum atomic E-state index is -4.58. The molecule has 1 nitrogen and oxygen atoms in total. The average molecular weight is 249 g/mol. The number of hydrogen-bond acceptors (Lipinski definition) is 1. The van der Waals surface area contributed by atoms with E-state index in [1.807, 2.05) is 0 Å². The van der Waals surface area contributed by atoms with Crippen molar-refractivity contribution in [3.8, 4) is 0 Å². The maximum atomic E-state index is 13.5.